The van der Waals surface area contributed by atoms with Gasteiger partial charge in [0.15, 0.2) is 0 Å². The Labute approximate surface area is 156 Å². The van der Waals surface area contributed by atoms with Crippen LogP contribution in [0.2, 0.25) is 0 Å². The van der Waals surface area contributed by atoms with E-state index in [2.05, 4.69) is 21.2 Å². The first-order chi connectivity index (χ1) is 11.6. The summed E-state index contributed by atoms with van der Waals surface area (Å²) in [7, 11) is 1.70. The maximum atomic E-state index is 11.9. The molecule has 25 heavy (non-hydrogen) atoms. The molecule has 1 saturated carbocycles. The lowest BCUT2D eigenvalue weighted by Gasteiger charge is -2.30. The lowest BCUT2D eigenvalue weighted by atomic mass is 9.92. The van der Waals surface area contributed by atoms with E-state index in [1.54, 1.807) is 27.1 Å². The van der Waals surface area contributed by atoms with Crippen LogP contribution in [-0.2, 0) is 11.8 Å². The molecule has 1 fully saturated rings. The first-order valence-electron chi connectivity index (χ1n) is 8.68. The van der Waals surface area contributed by atoms with Gasteiger partial charge in [-0.2, -0.15) is 0 Å². The van der Waals surface area contributed by atoms with Crippen molar-refractivity contribution in [1.82, 2.24) is 9.88 Å². The van der Waals surface area contributed by atoms with E-state index < -0.39 is 5.60 Å². The molecule has 0 spiro atoms. The SMILES string of the molecule is Cn1cc(Br)c(OC2CCC(NC(=O)CCC(C)(C)O)CC2)cc1=O. The van der Waals surface area contributed by atoms with Crippen molar-refractivity contribution in [1.29, 1.82) is 0 Å². The van der Waals surface area contributed by atoms with E-state index in [4.69, 9.17) is 4.74 Å². The van der Waals surface area contributed by atoms with Crippen LogP contribution in [0.15, 0.2) is 21.5 Å². The lowest BCUT2D eigenvalue weighted by Crippen LogP contribution is -2.40. The van der Waals surface area contributed by atoms with Crippen LogP contribution in [0.3, 0.4) is 0 Å². The molecular weight excluding hydrogens is 388 g/mol. The molecule has 2 rings (SSSR count). The third-order valence-corrected chi connectivity index (χ3v) is 5.04. The zero-order valence-corrected chi connectivity index (χ0v) is 16.6. The van der Waals surface area contributed by atoms with Crippen molar-refractivity contribution in [3.63, 3.8) is 0 Å². The number of ether oxygens (including phenoxy) is 1. The van der Waals surface area contributed by atoms with Crippen molar-refractivity contribution in [2.75, 3.05) is 0 Å². The predicted molar refractivity (Wildman–Crippen MR) is 99.7 cm³/mol. The van der Waals surface area contributed by atoms with Crippen LogP contribution in [0.4, 0.5) is 0 Å². The van der Waals surface area contributed by atoms with Crippen LogP contribution in [0, 0.1) is 0 Å². The van der Waals surface area contributed by atoms with Gasteiger partial charge >= 0.3 is 0 Å². The number of aliphatic hydroxyl groups is 1. The summed E-state index contributed by atoms with van der Waals surface area (Å²) < 4.78 is 8.22. The van der Waals surface area contributed by atoms with E-state index in [0.717, 1.165) is 30.2 Å². The Morgan fingerprint density at radius 1 is 1.40 bits per heavy atom. The monoisotopic (exact) mass is 414 g/mol. The molecule has 0 saturated heterocycles. The van der Waals surface area contributed by atoms with Crippen molar-refractivity contribution in [2.45, 2.75) is 70.1 Å². The van der Waals surface area contributed by atoms with Crippen molar-refractivity contribution in [2.24, 2.45) is 7.05 Å². The number of amides is 1. The fourth-order valence-electron chi connectivity index (χ4n) is 2.89. The summed E-state index contributed by atoms with van der Waals surface area (Å²) in [6, 6.07) is 1.65. The third-order valence-electron chi connectivity index (χ3n) is 4.44. The average molecular weight is 415 g/mol. The van der Waals surface area contributed by atoms with E-state index in [1.807, 2.05) is 0 Å². The molecule has 0 aliphatic heterocycles. The molecule has 0 radical (unpaired) electrons. The number of rotatable bonds is 6. The number of halogens is 1. The lowest BCUT2D eigenvalue weighted by molar-refractivity contribution is -0.123. The summed E-state index contributed by atoms with van der Waals surface area (Å²) in [6.45, 7) is 3.41. The van der Waals surface area contributed by atoms with Crippen molar-refractivity contribution in [3.8, 4) is 5.75 Å². The second-order valence-electron chi connectivity index (χ2n) is 7.41. The van der Waals surface area contributed by atoms with E-state index in [1.165, 1.54) is 10.6 Å². The van der Waals surface area contributed by atoms with Crippen LogP contribution in [0.5, 0.6) is 5.75 Å². The van der Waals surface area contributed by atoms with Crippen LogP contribution in [0.1, 0.15) is 52.4 Å². The van der Waals surface area contributed by atoms with E-state index in [9.17, 15) is 14.7 Å². The minimum absolute atomic E-state index is 0.0132. The fourth-order valence-corrected chi connectivity index (χ4v) is 3.41. The number of hydrogen-bond acceptors (Lipinski definition) is 4. The van der Waals surface area contributed by atoms with E-state index in [0.29, 0.717) is 18.6 Å². The number of carbonyl (C=O) groups is 1. The van der Waals surface area contributed by atoms with Crippen molar-refractivity contribution in [3.05, 3.63) is 27.1 Å². The Hall–Kier alpha value is -1.34. The minimum Gasteiger partial charge on any atom is -0.489 e. The van der Waals surface area contributed by atoms with E-state index in [-0.39, 0.29) is 23.6 Å². The van der Waals surface area contributed by atoms with Gasteiger partial charge in [0.25, 0.3) is 5.56 Å². The van der Waals surface area contributed by atoms with Gasteiger partial charge in [0.1, 0.15) is 5.75 Å². The van der Waals surface area contributed by atoms with Gasteiger partial charge in [-0.05, 0) is 61.9 Å². The number of carbonyl (C=O) groups excluding carboxylic acids is 1. The molecule has 1 aliphatic carbocycles. The molecule has 1 aliphatic rings. The summed E-state index contributed by atoms with van der Waals surface area (Å²) in [6.07, 6.45) is 5.90. The summed E-state index contributed by atoms with van der Waals surface area (Å²) in [5.41, 5.74) is -0.922. The number of pyridine rings is 1. The first kappa shape index (κ1) is 20.0. The van der Waals surface area contributed by atoms with Gasteiger partial charge < -0.3 is 19.7 Å². The highest BCUT2D eigenvalue weighted by Gasteiger charge is 2.25. The molecular formula is C18H27BrN2O4. The minimum atomic E-state index is -0.817. The number of nitrogens with one attached hydrogen (secondary N) is 1. The molecule has 1 heterocycles. The molecule has 1 aromatic heterocycles. The van der Waals surface area contributed by atoms with Crippen LogP contribution in [0.25, 0.3) is 0 Å². The highest BCUT2D eigenvalue weighted by Crippen LogP contribution is 2.28. The number of hydrogen-bond donors (Lipinski definition) is 2. The van der Waals surface area contributed by atoms with Crippen molar-refractivity contribution < 1.29 is 14.6 Å². The summed E-state index contributed by atoms with van der Waals surface area (Å²) in [5, 5.41) is 12.7. The number of nitrogens with zero attached hydrogens (tertiary/aromatic N) is 1. The van der Waals surface area contributed by atoms with Crippen LogP contribution in [-0.4, -0.2) is 33.3 Å². The topological polar surface area (TPSA) is 80.6 Å². The van der Waals surface area contributed by atoms with Crippen LogP contribution >= 0.6 is 15.9 Å². The molecule has 2 N–H and O–H groups in total. The summed E-state index contributed by atoms with van der Waals surface area (Å²) >= 11 is 3.42. The molecule has 1 amide bonds. The molecule has 1 aromatic rings. The number of aryl methyl sites for hydroxylation is 1. The van der Waals surface area contributed by atoms with Gasteiger partial charge in [0.2, 0.25) is 5.91 Å². The maximum absolute atomic E-state index is 11.9. The third kappa shape index (κ3) is 6.47. The van der Waals surface area contributed by atoms with Gasteiger partial charge in [-0.1, -0.05) is 0 Å². The standard InChI is InChI=1S/C18H27BrN2O4/c1-18(2,24)9-8-16(22)20-12-4-6-13(7-5-12)25-15-10-17(23)21(3)11-14(15)19/h10-13,24H,4-9H2,1-3H3,(H,20,22). The molecule has 0 aromatic carbocycles. The largest absolute Gasteiger partial charge is 0.489 e. The van der Waals surface area contributed by atoms with Gasteiger partial charge in [-0.3, -0.25) is 9.59 Å². The molecule has 0 bridgehead atoms. The second-order valence-corrected chi connectivity index (χ2v) is 8.26. The molecule has 7 heteroatoms. The molecule has 0 atom stereocenters. The summed E-state index contributed by atoms with van der Waals surface area (Å²) in [4.78, 5) is 23.7. The van der Waals surface area contributed by atoms with Crippen LogP contribution < -0.4 is 15.6 Å². The summed E-state index contributed by atoms with van der Waals surface area (Å²) in [5.74, 6) is 0.557. The maximum Gasteiger partial charge on any atom is 0.254 e. The second kappa shape index (κ2) is 8.36. The quantitative estimate of drug-likeness (QED) is 0.748. The fraction of sp³-hybridized carbons (Fsp3) is 0.667. The zero-order chi connectivity index (χ0) is 18.6. The Morgan fingerprint density at radius 2 is 2.04 bits per heavy atom. The van der Waals surface area contributed by atoms with Crippen molar-refractivity contribution >= 4 is 21.8 Å². The van der Waals surface area contributed by atoms with Gasteiger partial charge in [-0.15, -0.1) is 0 Å². The highest BCUT2D eigenvalue weighted by molar-refractivity contribution is 9.10. The molecule has 6 nitrogen and oxygen atoms in total. The highest BCUT2D eigenvalue weighted by atomic mass is 79.9. The average Bonchev–Trinajstić information content (AvgIpc) is 2.52. The molecule has 0 unspecified atom stereocenters. The Morgan fingerprint density at radius 3 is 2.64 bits per heavy atom. The number of aromatic nitrogens is 1. The Kier molecular flexibility index (Phi) is 6.68. The van der Waals surface area contributed by atoms with Gasteiger partial charge in [0.05, 0.1) is 16.2 Å². The Bertz CT molecular complexity index is 658. The normalized spacial score (nSPS) is 21.0. The molecule has 140 valence electrons. The van der Waals surface area contributed by atoms with Gasteiger partial charge in [-0.25, -0.2) is 0 Å². The predicted octanol–water partition coefficient (Wildman–Crippen LogP) is 2.51. The van der Waals surface area contributed by atoms with Gasteiger partial charge in [0, 0.05) is 31.8 Å². The smallest absolute Gasteiger partial charge is 0.254 e. The zero-order valence-electron chi connectivity index (χ0n) is 15.0. The first-order valence-corrected chi connectivity index (χ1v) is 9.48. The Balaban J connectivity index is 1.79. The van der Waals surface area contributed by atoms with E-state index >= 15 is 0 Å².